The van der Waals surface area contributed by atoms with Crippen molar-refractivity contribution in [3.05, 3.63) is 101 Å². The number of ether oxygens (including phenoxy) is 1. The number of nitriles is 2. The van der Waals surface area contributed by atoms with Crippen molar-refractivity contribution < 1.29 is 4.74 Å². The third-order valence-electron chi connectivity index (χ3n) is 3.90. The summed E-state index contributed by atoms with van der Waals surface area (Å²) in [5.41, 5.74) is 3.77. The lowest BCUT2D eigenvalue weighted by Gasteiger charge is -2.10. The summed E-state index contributed by atoms with van der Waals surface area (Å²) in [6, 6.07) is 28.8. The molecule has 0 aliphatic heterocycles. The van der Waals surface area contributed by atoms with Gasteiger partial charge in [0, 0.05) is 5.56 Å². The van der Waals surface area contributed by atoms with Crippen LogP contribution in [-0.2, 0) is 6.61 Å². The molecule has 0 N–H and O–H groups in total. The van der Waals surface area contributed by atoms with Crippen molar-refractivity contribution in [2.45, 2.75) is 6.61 Å². The zero-order valence-corrected chi connectivity index (χ0v) is 14.1. The Morgan fingerprint density at radius 1 is 0.846 bits per heavy atom. The van der Waals surface area contributed by atoms with Gasteiger partial charge in [-0.1, -0.05) is 60.7 Å². The largest absolute Gasteiger partial charge is 0.488 e. The van der Waals surface area contributed by atoms with Crippen molar-refractivity contribution in [2.24, 2.45) is 0 Å². The van der Waals surface area contributed by atoms with E-state index in [1.807, 2.05) is 60.7 Å². The van der Waals surface area contributed by atoms with Gasteiger partial charge in [-0.25, -0.2) is 0 Å². The fourth-order valence-electron chi connectivity index (χ4n) is 2.53. The van der Waals surface area contributed by atoms with Crippen LogP contribution in [0.3, 0.4) is 0 Å². The second-order valence-electron chi connectivity index (χ2n) is 5.67. The Morgan fingerprint density at radius 2 is 1.54 bits per heavy atom. The monoisotopic (exact) mass is 336 g/mol. The van der Waals surface area contributed by atoms with Gasteiger partial charge >= 0.3 is 0 Å². The second-order valence-corrected chi connectivity index (χ2v) is 5.67. The Bertz CT molecular complexity index is 991. The summed E-state index contributed by atoms with van der Waals surface area (Å²) in [5.74, 6) is 0.720. The van der Waals surface area contributed by atoms with Crippen LogP contribution >= 0.6 is 0 Å². The highest BCUT2D eigenvalue weighted by Gasteiger charge is 2.06. The normalized spacial score (nSPS) is 10.6. The standard InChI is InChI=1S/C23H16N2O/c24-15-18-10-12-20(13-11-18)22(16-25)14-21-8-4-5-9-23(21)26-17-19-6-2-1-3-7-19/h1-14H,17H2/b22-14+. The van der Waals surface area contributed by atoms with Gasteiger partial charge in [0.1, 0.15) is 12.4 Å². The van der Waals surface area contributed by atoms with E-state index in [0.29, 0.717) is 17.7 Å². The quantitative estimate of drug-likeness (QED) is 0.475. The van der Waals surface area contributed by atoms with Crippen LogP contribution in [0.4, 0.5) is 0 Å². The van der Waals surface area contributed by atoms with E-state index in [9.17, 15) is 5.26 Å². The molecular weight excluding hydrogens is 320 g/mol. The smallest absolute Gasteiger partial charge is 0.127 e. The highest BCUT2D eigenvalue weighted by atomic mass is 16.5. The average molecular weight is 336 g/mol. The molecule has 0 bridgehead atoms. The Morgan fingerprint density at radius 3 is 2.23 bits per heavy atom. The molecule has 0 fully saturated rings. The number of hydrogen-bond donors (Lipinski definition) is 0. The van der Waals surface area contributed by atoms with Gasteiger partial charge in [0.05, 0.1) is 23.3 Å². The first-order valence-electron chi connectivity index (χ1n) is 8.18. The van der Waals surface area contributed by atoms with Gasteiger partial charge < -0.3 is 4.74 Å². The first-order chi connectivity index (χ1) is 12.8. The van der Waals surface area contributed by atoms with Gasteiger partial charge in [-0.15, -0.1) is 0 Å². The Kier molecular flexibility index (Phi) is 5.45. The number of allylic oxidation sites excluding steroid dienone is 1. The van der Waals surface area contributed by atoms with E-state index in [4.69, 9.17) is 10.00 Å². The van der Waals surface area contributed by atoms with Crippen LogP contribution in [0.25, 0.3) is 11.6 Å². The summed E-state index contributed by atoms with van der Waals surface area (Å²) in [6.07, 6.45) is 1.81. The fourth-order valence-corrected chi connectivity index (χ4v) is 2.53. The van der Waals surface area contributed by atoms with E-state index in [0.717, 1.165) is 22.4 Å². The fraction of sp³-hybridized carbons (Fsp3) is 0.0435. The minimum Gasteiger partial charge on any atom is -0.488 e. The predicted octanol–water partition coefficient (Wildman–Crippen LogP) is 5.20. The summed E-state index contributed by atoms with van der Waals surface area (Å²) >= 11 is 0. The summed E-state index contributed by atoms with van der Waals surface area (Å²) in [4.78, 5) is 0. The Hall–Kier alpha value is -3.82. The van der Waals surface area contributed by atoms with Crippen molar-refractivity contribution in [2.75, 3.05) is 0 Å². The highest BCUT2D eigenvalue weighted by Crippen LogP contribution is 2.25. The predicted molar refractivity (Wildman–Crippen MR) is 102 cm³/mol. The van der Waals surface area contributed by atoms with Gasteiger partial charge in [0.25, 0.3) is 0 Å². The topological polar surface area (TPSA) is 56.8 Å². The minimum atomic E-state index is 0.463. The zero-order valence-electron chi connectivity index (χ0n) is 14.1. The molecule has 0 aliphatic rings. The average Bonchev–Trinajstić information content (AvgIpc) is 2.72. The SMILES string of the molecule is N#C/C(=C\c1ccccc1OCc1ccccc1)c1ccc(C#N)cc1. The van der Waals surface area contributed by atoms with E-state index in [2.05, 4.69) is 12.1 Å². The lowest BCUT2D eigenvalue weighted by molar-refractivity contribution is 0.305. The molecule has 0 aliphatic carbocycles. The Labute approximate surface area is 153 Å². The molecule has 0 heterocycles. The molecule has 3 aromatic rings. The van der Waals surface area contributed by atoms with E-state index >= 15 is 0 Å². The first-order valence-corrected chi connectivity index (χ1v) is 8.18. The molecule has 0 saturated carbocycles. The molecule has 0 amide bonds. The summed E-state index contributed by atoms with van der Waals surface area (Å²) in [7, 11) is 0. The van der Waals surface area contributed by atoms with Crippen LogP contribution in [0.1, 0.15) is 22.3 Å². The molecule has 3 rings (SSSR count). The number of para-hydroxylation sites is 1. The molecule has 3 heteroatoms. The number of hydrogen-bond acceptors (Lipinski definition) is 3. The molecule has 0 unspecified atom stereocenters. The molecule has 0 spiro atoms. The number of benzene rings is 3. The molecule has 0 saturated heterocycles. The van der Waals surface area contributed by atoms with Gasteiger partial charge in [0.15, 0.2) is 0 Å². The summed E-state index contributed by atoms with van der Waals surface area (Å²) in [6.45, 7) is 0.463. The molecule has 0 atom stereocenters. The molecule has 3 nitrogen and oxygen atoms in total. The van der Waals surface area contributed by atoms with Crippen molar-refractivity contribution in [1.29, 1.82) is 10.5 Å². The van der Waals surface area contributed by atoms with Crippen molar-refractivity contribution in [3.8, 4) is 17.9 Å². The van der Waals surface area contributed by atoms with Gasteiger partial charge in [-0.3, -0.25) is 0 Å². The van der Waals surface area contributed by atoms with E-state index in [-0.39, 0.29) is 0 Å². The maximum absolute atomic E-state index is 9.54. The maximum Gasteiger partial charge on any atom is 0.127 e. The van der Waals surface area contributed by atoms with E-state index in [1.54, 1.807) is 24.3 Å². The maximum atomic E-state index is 9.54. The minimum absolute atomic E-state index is 0.463. The van der Waals surface area contributed by atoms with Crippen LogP contribution in [0.5, 0.6) is 5.75 Å². The molecule has 0 aromatic heterocycles. The molecule has 3 aromatic carbocycles. The summed E-state index contributed by atoms with van der Waals surface area (Å²) in [5, 5.41) is 18.4. The van der Waals surface area contributed by atoms with Gasteiger partial charge in [-0.2, -0.15) is 10.5 Å². The van der Waals surface area contributed by atoms with Crippen molar-refractivity contribution in [1.82, 2.24) is 0 Å². The van der Waals surface area contributed by atoms with Crippen molar-refractivity contribution >= 4 is 11.6 Å². The first kappa shape index (κ1) is 17.0. The van der Waals surface area contributed by atoms with Crippen LogP contribution in [-0.4, -0.2) is 0 Å². The molecule has 0 radical (unpaired) electrons. The second kappa shape index (κ2) is 8.33. The van der Waals surface area contributed by atoms with Crippen LogP contribution < -0.4 is 4.74 Å². The zero-order chi connectivity index (χ0) is 18.2. The van der Waals surface area contributed by atoms with Crippen LogP contribution in [0.2, 0.25) is 0 Å². The van der Waals surface area contributed by atoms with E-state index in [1.165, 1.54) is 0 Å². The number of nitrogens with zero attached hydrogens (tertiary/aromatic N) is 2. The molecule has 26 heavy (non-hydrogen) atoms. The molecule has 124 valence electrons. The van der Waals surface area contributed by atoms with Crippen molar-refractivity contribution in [3.63, 3.8) is 0 Å². The lowest BCUT2D eigenvalue weighted by atomic mass is 10.0. The highest BCUT2D eigenvalue weighted by molar-refractivity contribution is 5.90. The van der Waals surface area contributed by atoms with Gasteiger partial charge in [-0.05, 0) is 35.4 Å². The van der Waals surface area contributed by atoms with Gasteiger partial charge in [0.2, 0.25) is 0 Å². The number of rotatable bonds is 5. The summed E-state index contributed by atoms with van der Waals surface area (Å²) < 4.78 is 5.94. The lowest BCUT2D eigenvalue weighted by Crippen LogP contribution is -1.96. The van der Waals surface area contributed by atoms with E-state index < -0.39 is 0 Å². The Balaban J connectivity index is 1.86. The third kappa shape index (κ3) is 4.17. The molecular formula is C23H16N2O. The third-order valence-corrected chi connectivity index (χ3v) is 3.90. The van der Waals surface area contributed by atoms with Crippen LogP contribution in [0.15, 0.2) is 78.9 Å². The van der Waals surface area contributed by atoms with Crippen LogP contribution in [0, 0.1) is 22.7 Å².